The van der Waals surface area contributed by atoms with E-state index in [2.05, 4.69) is 49.1 Å². The van der Waals surface area contributed by atoms with E-state index in [1.54, 1.807) is 0 Å². The zero-order valence-corrected chi connectivity index (χ0v) is 12.7. The molecule has 0 spiro atoms. The highest BCUT2D eigenvalue weighted by Gasteiger charge is 2.21. The summed E-state index contributed by atoms with van der Waals surface area (Å²) in [6.07, 6.45) is 1.03. The molecular weight excluding hydrogens is 348 g/mol. The summed E-state index contributed by atoms with van der Waals surface area (Å²) in [6.45, 7) is 1.98. The van der Waals surface area contributed by atoms with Crippen molar-refractivity contribution in [1.82, 2.24) is 10.2 Å². The average molecular weight is 362 g/mol. The first-order chi connectivity index (χ1) is 8.04. The van der Waals surface area contributed by atoms with Crippen LogP contribution in [0.2, 0.25) is 0 Å². The van der Waals surface area contributed by atoms with Gasteiger partial charge in [-0.2, -0.15) is 0 Å². The quantitative estimate of drug-likeness (QED) is 0.878. The van der Waals surface area contributed by atoms with Crippen LogP contribution in [0.15, 0.2) is 27.1 Å². The Hall–Kier alpha value is -0.390. The fourth-order valence-electron chi connectivity index (χ4n) is 2.01. The van der Waals surface area contributed by atoms with Gasteiger partial charge in [-0.05, 0) is 38.2 Å². The third kappa shape index (κ3) is 3.53. The molecule has 1 saturated heterocycles. The van der Waals surface area contributed by atoms with E-state index in [0.29, 0.717) is 5.56 Å². The summed E-state index contributed by atoms with van der Waals surface area (Å²) >= 11 is 6.77. The molecule has 17 heavy (non-hydrogen) atoms. The van der Waals surface area contributed by atoms with E-state index >= 15 is 0 Å². The molecule has 92 valence electrons. The molecular formula is C12H14Br2N2O. The Bertz CT molecular complexity index is 416. The molecule has 1 N–H and O–H groups in total. The lowest BCUT2D eigenvalue weighted by molar-refractivity contribution is 0.0938. The summed E-state index contributed by atoms with van der Waals surface area (Å²) in [4.78, 5) is 14.3. The molecule has 1 aliphatic rings. The van der Waals surface area contributed by atoms with Crippen LogP contribution >= 0.6 is 31.9 Å². The molecule has 5 heteroatoms. The van der Waals surface area contributed by atoms with Crippen molar-refractivity contribution in [2.24, 2.45) is 0 Å². The summed E-state index contributed by atoms with van der Waals surface area (Å²) in [5, 5.41) is 3.06. The third-order valence-corrected chi connectivity index (χ3v) is 3.77. The number of hydrogen-bond acceptors (Lipinski definition) is 2. The predicted octanol–water partition coefficient (Wildman–Crippen LogP) is 2.65. The minimum absolute atomic E-state index is 0.00713. The van der Waals surface area contributed by atoms with Gasteiger partial charge in [0.1, 0.15) is 0 Å². The number of hydrogen-bond donors (Lipinski definition) is 1. The van der Waals surface area contributed by atoms with Gasteiger partial charge < -0.3 is 10.2 Å². The molecule has 0 aliphatic carbocycles. The van der Waals surface area contributed by atoms with E-state index in [4.69, 9.17) is 0 Å². The maximum atomic E-state index is 12.0. The number of nitrogens with zero attached hydrogens (tertiary/aromatic N) is 1. The van der Waals surface area contributed by atoms with Crippen LogP contribution in [-0.4, -0.2) is 37.0 Å². The van der Waals surface area contributed by atoms with Crippen molar-refractivity contribution >= 4 is 37.8 Å². The van der Waals surface area contributed by atoms with Crippen molar-refractivity contribution in [3.63, 3.8) is 0 Å². The third-order valence-electron chi connectivity index (χ3n) is 2.85. The molecule has 0 bridgehead atoms. The topological polar surface area (TPSA) is 32.3 Å². The number of carbonyl (C=O) groups excluding carboxylic acids is 1. The molecule has 1 aliphatic heterocycles. The summed E-state index contributed by atoms with van der Waals surface area (Å²) in [7, 11) is 2.07. The van der Waals surface area contributed by atoms with Crippen molar-refractivity contribution in [3.05, 3.63) is 32.7 Å². The van der Waals surface area contributed by atoms with Gasteiger partial charge in [0.25, 0.3) is 5.91 Å². The number of benzene rings is 1. The molecule has 2 rings (SSSR count). The maximum Gasteiger partial charge on any atom is 0.251 e. The Morgan fingerprint density at radius 3 is 2.53 bits per heavy atom. The number of rotatable bonds is 2. The summed E-state index contributed by atoms with van der Waals surface area (Å²) < 4.78 is 1.81. The molecule has 3 nitrogen and oxygen atoms in total. The van der Waals surface area contributed by atoms with Gasteiger partial charge in [-0.25, -0.2) is 0 Å². The van der Waals surface area contributed by atoms with Gasteiger partial charge in [0, 0.05) is 27.1 Å². The maximum absolute atomic E-state index is 12.0. The minimum atomic E-state index is -0.00713. The highest BCUT2D eigenvalue weighted by Crippen LogP contribution is 2.20. The lowest BCUT2D eigenvalue weighted by Crippen LogP contribution is -2.36. The molecule has 1 atom stereocenters. The van der Waals surface area contributed by atoms with E-state index in [1.165, 1.54) is 0 Å². The van der Waals surface area contributed by atoms with Gasteiger partial charge in [0.2, 0.25) is 0 Å². The van der Waals surface area contributed by atoms with Crippen molar-refractivity contribution in [2.75, 3.05) is 20.1 Å². The number of amides is 1. The zero-order valence-electron chi connectivity index (χ0n) is 9.54. The van der Waals surface area contributed by atoms with E-state index < -0.39 is 0 Å². The first-order valence-electron chi connectivity index (χ1n) is 5.50. The highest BCUT2D eigenvalue weighted by molar-refractivity contribution is 9.11. The molecule has 1 fully saturated rings. The second-order valence-electron chi connectivity index (χ2n) is 4.38. The Balaban J connectivity index is 2.04. The van der Waals surface area contributed by atoms with Gasteiger partial charge in [-0.1, -0.05) is 31.9 Å². The van der Waals surface area contributed by atoms with Crippen molar-refractivity contribution in [1.29, 1.82) is 0 Å². The molecule has 1 aromatic rings. The Morgan fingerprint density at radius 1 is 1.35 bits per heavy atom. The van der Waals surface area contributed by atoms with Crippen LogP contribution < -0.4 is 5.32 Å². The Labute approximate surface area is 118 Å². The van der Waals surface area contributed by atoms with E-state index in [1.807, 2.05) is 18.2 Å². The number of halogens is 2. The molecule has 0 radical (unpaired) electrons. The lowest BCUT2D eigenvalue weighted by Gasteiger charge is -2.13. The first kappa shape index (κ1) is 13.1. The standard InChI is InChI=1S/C12H14Br2N2O/c1-16-3-2-11(7-16)15-12(17)8-4-9(13)6-10(14)5-8/h4-6,11H,2-3,7H2,1H3,(H,15,17). The van der Waals surface area contributed by atoms with Crippen molar-refractivity contribution in [2.45, 2.75) is 12.5 Å². The molecule has 1 heterocycles. The summed E-state index contributed by atoms with van der Waals surface area (Å²) in [5.74, 6) is -0.00713. The van der Waals surface area contributed by atoms with Crippen LogP contribution in [0, 0.1) is 0 Å². The van der Waals surface area contributed by atoms with E-state index in [9.17, 15) is 4.79 Å². The normalized spacial score (nSPS) is 20.5. The molecule has 1 aromatic carbocycles. The average Bonchev–Trinajstić information content (AvgIpc) is 2.62. The van der Waals surface area contributed by atoms with Crippen LogP contribution in [0.1, 0.15) is 16.8 Å². The number of carbonyl (C=O) groups is 1. The van der Waals surface area contributed by atoms with Crippen LogP contribution in [0.25, 0.3) is 0 Å². The number of likely N-dealkylation sites (tertiary alicyclic amines) is 1. The number of nitrogens with one attached hydrogen (secondary N) is 1. The second-order valence-corrected chi connectivity index (χ2v) is 6.21. The molecule has 0 aromatic heterocycles. The smallest absolute Gasteiger partial charge is 0.251 e. The largest absolute Gasteiger partial charge is 0.348 e. The monoisotopic (exact) mass is 360 g/mol. The summed E-state index contributed by atoms with van der Waals surface area (Å²) in [6, 6.07) is 5.85. The minimum Gasteiger partial charge on any atom is -0.348 e. The SMILES string of the molecule is CN1CCC(NC(=O)c2cc(Br)cc(Br)c2)C1. The fourth-order valence-corrected chi connectivity index (χ4v) is 3.30. The molecule has 0 saturated carbocycles. The second kappa shape index (κ2) is 5.50. The van der Waals surface area contributed by atoms with Crippen LogP contribution in [0.3, 0.4) is 0 Å². The lowest BCUT2D eigenvalue weighted by atomic mass is 10.2. The van der Waals surface area contributed by atoms with E-state index in [-0.39, 0.29) is 11.9 Å². The van der Waals surface area contributed by atoms with Gasteiger partial charge in [0.15, 0.2) is 0 Å². The van der Waals surface area contributed by atoms with Crippen molar-refractivity contribution < 1.29 is 4.79 Å². The van der Waals surface area contributed by atoms with Gasteiger partial charge in [0.05, 0.1) is 0 Å². The van der Waals surface area contributed by atoms with Crippen LogP contribution in [0.4, 0.5) is 0 Å². The Kier molecular flexibility index (Phi) is 4.22. The van der Waals surface area contributed by atoms with Gasteiger partial charge in [-0.3, -0.25) is 4.79 Å². The predicted molar refractivity (Wildman–Crippen MR) is 75.2 cm³/mol. The molecule has 1 unspecified atom stereocenters. The molecule has 1 amide bonds. The van der Waals surface area contributed by atoms with E-state index in [0.717, 1.165) is 28.5 Å². The first-order valence-corrected chi connectivity index (χ1v) is 7.08. The fraction of sp³-hybridized carbons (Fsp3) is 0.417. The van der Waals surface area contributed by atoms with Crippen molar-refractivity contribution in [3.8, 4) is 0 Å². The van der Waals surface area contributed by atoms with Crippen LogP contribution in [-0.2, 0) is 0 Å². The van der Waals surface area contributed by atoms with Gasteiger partial charge in [-0.15, -0.1) is 0 Å². The van der Waals surface area contributed by atoms with Gasteiger partial charge >= 0.3 is 0 Å². The van der Waals surface area contributed by atoms with Crippen LogP contribution in [0.5, 0.6) is 0 Å². The zero-order chi connectivity index (χ0) is 12.4. The number of likely N-dealkylation sites (N-methyl/N-ethyl adjacent to an activating group) is 1. The highest BCUT2D eigenvalue weighted by atomic mass is 79.9. The summed E-state index contributed by atoms with van der Waals surface area (Å²) in [5.41, 5.74) is 0.681. The Morgan fingerprint density at radius 2 is 2.00 bits per heavy atom.